The number of thiophene rings is 1. The number of fused-ring (bicyclic) bond motifs is 1. The maximum absolute atomic E-state index is 4.71. The zero-order chi connectivity index (χ0) is 13.2. The van der Waals surface area contributed by atoms with Crippen LogP contribution in [0.1, 0.15) is 22.2 Å². The lowest BCUT2D eigenvalue weighted by molar-refractivity contribution is 0.673. The Kier molecular flexibility index (Phi) is 3.27. The number of rotatable bonds is 3. The highest BCUT2D eigenvalue weighted by molar-refractivity contribution is 7.10. The molecule has 1 aromatic carbocycles. The van der Waals surface area contributed by atoms with Crippen LogP contribution in [-0.4, -0.2) is 17.0 Å². The van der Waals surface area contributed by atoms with E-state index in [1.54, 1.807) is 11.3 Å². The topological polar surface area (TPSA) is 37.8 Å². The van der Waals surface area contributed by atoms with Crippen molar-refractivity contribution in [2.45, 2.75) is 13.0 Å². The predicted octanol–water partition coefficient (Wildman–Crippen LogP) is 3.31. The monoisotopic (exact) mass is 269 g/mol. The molecular weight excluding hydrogens is 254 g/mol. The molecule has 2 heterocycles. The van der Waals surface area contributed by atoms with Crippen LogP contribution < -0.4 is 5.32 Å². The average Bonchev–Trinajstić information content (AvgIpc) is 2.86. The van der Waals surface area contributed by atoms with E-state index < -0.39 is 0 Å². The van der Waals surface area contributed by atoms with Crippen molar-refractivity contribution in [3.8, 4) is 0 Å². The Morgan fingerprint density at radius 1 is 1.21 bits per heavy atom. The van der Waals surface area contributed by atoms with E-state index >= 15 is 0 Å². The number of aromatic nitrogens is 2. The molecule has 0 radical (unpaired) electrons. The summed E-state index contributed by atoms with van der Waals surface area (Å²) < 4.78 is 0. The van der Waals surface area contributed by atoms with E-state index in [2.05, 4.69) is 28.7 Å². The number of para-hydroxylation sites is 2. The van der Waals surface area contributed by atoms with Crippen LogP contribution in [-0.2, 0) is 0 Å². The van der Waals surface area contributed by atoms with Gasteiger partial charge in [-0.15, -0.1) is 11.3 Å². The molecule has 3 rings (SSSR count). The van der Waals surface area contributed by atoms with Gasteiger partial charge in [0, 0.05) is 4.88 Å². The van der Waals surface area contributed by atoms with E-state index in [9.17, 15) is 0 Å². The van der Waals surface area contributed by atoms with Crippen molar-refractivity contribution in [2.24, 2.45) is 0 Å². The third-order valence-corrected chi connectivity index (χ3v) is 4.02. The summed E-state index contributed by atoms with van der Waals surface area (Å²) in [5.41, 5.74) is 4.07. The van der Waals surface area contributed by atoms with Crippen LogP contribution in [0.15, 0.2) is 41.9 Å². The SMILES string of the molecule is CNC(c1csc(C)c1)c1cnc2ccccc2n1. The number of hydrogen-bond acceptors (Lipinski definition) is 4. The van der Waals surface area contributed by atoms with Crippen LogP contribution in [0.25, 0.3) is 11.0 Å². The summed E-state index contributed by atoms with van der Waals surface area (Å²) in [7, 11) is 1.95. The lowest BCUT2D eigenvalue weighted by Crippen LogP contribution is -2.18. The van der Waals surface area contributed by atoms with Gasteiger partial charge in [0.05, 0.1) is 29.0 Å². The molecule has 19 heavy (non-hydrogen) atoms. The summed E-state index contributed by atoms with van der Waals surface area (Å²) >= 11 is 1.76. The Balaban J connectivity index is 2.06. The van der Waals surface area contributed by atoms with Crippen molar-refractivity contribution in [1.82, 2.24) is 15.3 Å². The fourth-order valence-corrected chi connectivity index (χ4v) is 2.94. The molecule has 0 bridgehead atoms. The number of benzene rings is 1. The molecule has 0 aliphatic carbocycles. The predicted molar refractivity (Wildman–Crippen MR) is 79.5 cm³/mol. The highest BCUT2D eigenvalue weighted by Crippen LogP contribution is 2.25. The summed E-state index contributed by atoms with van der Waals surface area (Å²) in [6.45, 7) is 2.12. The molecule has 2 aromatic heterocycles. The molecule has 0 saturated carbocycles. The Labute approximate surface area is 116 Å². The van der Waals surface area contributed by atoms with Crippen LogP contribution in [0.4, 0.5) is 0 Å². The molecule has 1 unspecified atom stereocenters. The lowest BCUT2D eigenvalue weighted by Gasteiger charge is -2.14. The standard InChI is InChI=1S/C15H15N3S/c1-10-7-11(9-19-10)15(16-2)14-8-17-12-5-3-4-6-13(12)18-14/h3-9,15-16H,1-2H3. The van der Waals surface area contributed by atoms with Crippen molar-refractivity contribution >= 4 is 22.4 Å². The van der Waals surface area contributed by atoms with Gasteiger partial charge in [-0.05, 0) is 43.1 Å². The van der Waals surface area contributed by atoms with E-state index in [0.29, 0.717) is 0 Å². The normalized spacial score (nSPS) is 12.7. The molecule has 0 aliphatic heterocycles. The molecule has 0 fully saturated rings. The van der Waals surface area contributed by atoms with Gasteiger partial charge in [0.1, 0.15) is 0 Å². The lowest BCUT2D eigenvalue weighted by atomic mass is 10.1. The zero-order valence-corrected chi connectivity index (χ0v) is 11.7. The van der Waals surface area contributed by atoms with Crippen molar-refractivity contribution in [2.75, 3.05) is 7.05 Å². The van der Waals surface area contributed by atoms with Crippen LogP contribution in [0.5, 0.6) is 0 Å². The Morgan fingerprint density at radius 2 is 2.00 bits per heavy atom. The second-order valence-electron chi connectivity index (χ2n) is 4.50. The summed E-state index contributed by atoms with van der Waals surface area (Å²) in [6, 6.07) is 10.2. The Hall–Kier alpha value is -1.78. The Morgan fingerprint density at radius 3 is 2.68 bits per heavy atom. The Bertz CT molecular complexity index is 705. The molecule has 1 atom stereocenters. The fraction of sp³-hybridized carbons (Fsp3) is 0.200. The number of nitrogens with zero attached hydrogens (tertiary/aromatic N) is 2. The minimum absolute atomic E-state index is 0.0991. The third-order valence-electron chi connectivity index (χ3n) is 3.14. The third kappa shape index (κ3) is 2.37. The molecule has 3 aromatic rings. The van der Waals surface area contributed by atoms with Crippen LogP contribution in [0.2, 0.25) is 0 Å². The molecular formula is C15H15N3S. The van der Waals surface area contributed by atoms with Crippen molar-refractivity contribution in [1.29, 1.82) is 0 Å². The summed E-state index contributed by atoms with van der Waals surface area (Å²) in [6.07, 6.45) is 1.86. The quantitative estimate of drug-likeness (QED) is 0.792. The van der Waals surface area contributed by atoms with Gasteiger partial charge in [0.2, 0.25) is 0 Å². The molecule has 0 spiro atoms. The van der Waals surface area contributed by atoms with E-state index in [1.807, 2.05) is 37.5 Å². The second-order valence-corrected chi connectivity index (χ2v) is 5.61. The maximum atomic E-state index is 4.71. The van der Waals surface area contributed by atoms with Gasteiger partial charge in [0.15, 0.2) is 0 Å². The molecule has 1 N–H and O–H groups in total. The minimum atomic E-state index is 0.0991. The summed E-state index contributed by atoms with van der Waals surface area (Å²) in [5, 5.41) is 5.49. The summed E-state index contributed by atoms with van der Waals surface area (Å²) in [5.74, 6) is 0. The van der Waals surface area contributed by atoms with Gasteiger partial charge in [-0.2, -0.15) is 0 Å². The number of hydrogen-bond donors (Lipinski definition) is 1. The van der Waals surface area contributed by atoms with Gasteiger partial charge < -0.3 is 5.32 Å². The average molecular weight is 269 g/mol. The van der Waals surface area contributed by atoms with Crippen molar-refractivity contribution in [3.63, 3.8) is 0 Å². The van der Waals surface area contributed by atoms with E-state index in [4.69, 9.17) is 4.98 Å². The first kappa shape index (κ1) is 12.3. The summed E-state index contributed by atoms with van der Waals surface area (Å²) in [4.78, 5) is 10.5. The van der Waals surface area contributed by atoms with Crippen LogP contribution in [0.3, 0.4) is 0 Å². The van der Waals surface area contributed by atoms with Gasteiger partial charge in [-0.25, -0.2) is 4.98 Å². The van der Waals surface area contributed by atoms with Crippen molar-refractivity contribution in [3.05, 3.63) is 58.0 Å². The smallest absolute Gasteiger partial charge is 0.0890 e. The molecule has 3 nitrogen and oxygen atoms in total. The van der Waals surface area contributed by atoms with Crippen LogP contribution >= 0.6 is 11.3 Å². The second kappa shape index (κ2) is 5.07. The number of nitrogens with one attached hydrogen (secondary N) is 1. The van der Waals surface area contributed by atoms with Gasteiger partial charge >= 0.3 is 0 Å². The first-order chi connectivity index (χ1) is 9.28. The van der Waals surface area contributed by atoms with Gasteiger partial charge in [-0.1, -0.05) is 12.1 Å². The van der Waals surface area contributed by atoms with Crippen LogP contribution in [0, 0.1) is 6.92 Å². The maximum Gasteiger partial charge on any atom is 0.0890 e. The molecule has 0 amide bonds. The molecule has 96 valence electrons. The number of aryl methyl sites for hydroxylation is 1. The van der Waals surface area contributed by atoms with Crippen molar-refractivity contribution < 1.29 is 0 Å². The fourth-order valence-electron chi connectivity index (χ4n) is 2.21. The largest absolute Gasteiger partial charge is 0.308 e. The first-order valence-corrected chi connectivity index (χ1v) is 7.10. The first-order valence-electron chi connectivity index (χ1n) is 6.22. The molecule has 4 heteroatoms. The van der Waals surface area contributed by atoms with Gasteiger partial charge in [0.25, 0.3) is 0 Å². The molecule has 0 aliphatic rings. The van der Waals surface area contributed by atoms with Gasteiger partial charge in [-0.3, -0.25) is 4.98 Å². The van der Waals surface area contributed by atoms with E-state index in [0.717, 1.165) is 16.7 Å². The van der Waals surface area contributed by atoms with E-state index in [-0.39, 0.29) is 6.04 Å². The highest BCUT2D eigenvalue weighted by atomic mass is 32.1. The zero-order valence-electron chi connectivity index (χ0n) is 10.9. The molecule has 0 saturated heterocycles. The highest BCUT2D eigenvalue weighted by Gasteiger charge is 2.15. The van der Waals surface area contributed by atoms with E-state index in [1.165, 1.54) is 10.4 Å². The minimum Gasteiger partial charge on any atom is -0.308 e.